The van der Waals surface area contributed by atoms with Gasteiger partial charge in [0.25, 0.3) is 5.91 Å². The van der Waals surface area contributed by atoms with Crippen LogP contribution in [-0.2, 0) is 16.0 Å². The number of nitriles is 1. The molecule has 2 aromatic rings. The van der Waals surface area contributed by atoms with E-state index in [1.807, 2.05) is 0 Å². The number of benzene rings is 2. The Balaban J connectivity index is 1.94. The van der Waals surface area contributed by atoms with Crippen LogP contribution in [0.2, 0.25) is 0 Å². The van der Waals surface area contributed by atoms with Crippen molar-refractivity contribution in [1.29, 1.82) is 5.26 Å². The quantitative estimate of drug-likeness (QED) is 0.825. The molecule has 0 saturated heterocycles. The minimum Gasteiger partial charge on any atom is -0.484 e. The van der Waals surface area contributed by atoms with E-state index in [4.69, 9.17) is 10.00 Å². The molecule has 1 amide bonds. The lowest BCUT2D eigenvalue weighted by Gasteiger charge is -2.10. The Morgan fingerprint density at radius 2 is 1.83 bits per heavy atom. The predicted octanol–water partition coefficient (Wildman–Crippen LogP) is 2.56. The second-order valence-electron chi connectivity index (χ2n) is 4.85. The van der Waals surface area contributed by atoms with Crippen molar-refractivity contribution in [3.8, 4) is 11.8 Å². The van der Waals surface area contributed by atoms with Crippen LogP contribution in [0.3, 0.4) is 0 Å². The lowest BCUT2D eigenvalue weighted by molar-refractivity contribution is -0.118. The molecular weight excluding hydrogens is 308 g/mol. The first kappa shape index (κ1) is 17.0. The molecule has 6 heteroatoms. The van der Waals surface area contributed by atoms with Crippen LogP contribution >= 0.6 is 0 Å². The van der Waals surface area contributed by atoms with E-state index >= 15 is 0 Å². The molecule has 2 aromatic carbocycles. The van der Waals surface area contributed by atoms with Crippen LogP contribution in [0, 0.1) is 11.3 Å². The van der Waals surface area contributed by atoms with Gasteiger partial charge in [-0.25, -0.2) is 4.79 Å². The van der Waals surface area contributed by atoms with Crippen LogP contribution in [0.1, 0.15) is 15.9 Å². The average Bonchev–Trinajstić information content (AvgIpc) is 2.61. The van der Waals surface area contributed by atoms with Gasteiger partial charge in [-0.2, -0.15) is 5.26 Å². The topological polar surface area (TPSA) is 88.4 Å². The van der Waals surface area contributed by atoms with Crippen LogP contribution in [0.5, 0.6) is 5.75 Å². The molecule has 122 valence electrons. The van der Waals surface area contributed by atoms with Crippen molar-refractivity contribution in [3.05, 3.63) is 59.7 Å². The van der Waals surface area contributed by atoms with Crippen molar-refractivity contribution in [2.75, 3.05) is 19.0 Å². The second-order valence-corrected chi connectivity index (χ2v) is 4.85. The number of amides is 1. The zero-order valence-electron chi connectivity index (χ0n) is 13.1. The highest BCUT2D eigenvalue weighted by atomic mass is 16.5. The summed E-state index contributed by atoms with van der Waals surface area (Å²) in [5.74, 6) is -0.402. The number of para-hydroxylation sites is 1. The average molecular weight is 324 g/mol. The van der Waals surface area contributed by atoms with E-state index in [2.05, 4.69) is 16.1 Å². The van der Waals surface area contributed by atoms with Crippen molar-refractivity contribution < 1.29 is 19.1 Å². The van der Waals surface area contributed by atoms with Gasteiger partial charge in [-0.15, -0.1) is 0 Å². The lowest BCUT2D eigenvalue weighted by Crippen LogP contribution is -2.21. The summed E-state index contributed by atoms with van der Waals surface area (Å²) in [5, 5.41) is 11.2. The molecule has 6 nitrogen and oxygen atoms in total. The molecule has 0 spiro atoms. The first-order valence-corrected chi connectivity index (χ1v) is 7.20. The molecule has 0 aliphatic rings. The molecule has 0 radical (unpaired) electrons. The third-order valence-electron chi connectivity index (χ3n) is 3.18. The molecule has 0 heterocycles. The van der Waals surface area contributed by atoms with Crippen molar-refractivity contribution in [2.45, 2.75) is 6.42 Å². The van der Waals surface area contributed by atoms with Crippen molar-refractivity contribution >= 4 is 17.6 Å². The first-order chi connectivity index (χ1) is 11.6. The molecule has 0 bridgehead atoms. The maximum Gasteiger partial charge on any atom is 0.339 e. The molecule has 1 N–H and O–H groups in total. The number of hydrogen-bond acceptors (Lipinski definition) is 5. The fourth-order valence-electron chi connectivity index (χ4n) is 2.01. The first-order valence-electron chi connectivity index (χ1n) is 7.20. The number of esters is 1. The van der Waals surface area contributed by atoms with Crippen molar-refractivity contribution in [1.82, 2.24) is 0 Å². The zero-order chi connectivity index (χ0) is 17.4. The fourth-order valence-corrected chi connectivity index (χ4v) is 2.01. The minimum atomic E-state index is -0.528. The number of ether oxygens (including phenoxy) is 2. The maximum atomic E-state index is 12.0. The number of nitrogens with one attached hydrogen (secondary N) is 1. The van der Waals surface area contributed by atoms with Gasteiger partial charge >= 0.3 is 5.97 Å². The molecule has 0 unspecified atom stereocenters. The number of nitrogens with zero attached hydrogens (tertiary/aromatic N) is 1. The highest BCUT2D eigenvalue weighted by Gasteiger charge is 2.13. The number of anilines is 1. The van der Waals surface area contributed by atoms with E-state index in [0.717, 1.165) is 5.56 Å². The Morgan fingerprint density at radius 1 is 1.12 bits per heavy atom. The molecule has 0 fully saturated rings. The molecule has 0 saturated carbocycles. The summed E-state index contributed by atoms with van der Waals surface area (Å²) in [6, 6.07) is 15.5. The highest BCUT2D eigenvalue weighted by Crippen LogP contribution is 2.16. The lowest BCUT2D eigenvalue weighted by atomic mass is 10.2. The number of methoxy groups -OCH3 is 1. The Hall–Kier alpha value is -3.33. The van der Waals surface area contributed by atoms with Crippen LogP contribution in [0.4, 0.5) is 5.69 Å². The minimum absolute atomic E-state index is 0.201. The Bertz CT molecular complexity index is 763. The van der Waals surface area contributed by atoms with Gasteiger partial charge in [0.1, 0.15) is 5.75 Å². The number of carbonyl (C=O) groups is 2. The van der Waals surface area contributed by atoms with E-state index in [1.54, 1.807) is 48.5 Å². The Morgan fingerprint density at radius 3 is 2.50 bits per heavy atom. The summed E-state index contributed by atoms with van der Waals surface area (Å²) in [6.07, 6.45) is 0.324. The van der Waals surface area contributed by atoms with Crippen LogP contribution < -0.4 is 10.1 Å². The van der Waals surface area contributed by atoms with Gasteiger partial charge in [-0.05, 0) is 29.8 Å². The normalized spacial score (nSPS) is 9.67. The number of rotatable bonds is 6. The SMILES string of the molecule is COC(=O)c1ccccc1NC(=O)COc1ccc(CC#N)cc1. The summed E-state index contributed by atoms with van der Waals surface area (Å²) in [4.78, 5) is 23.6. The van der Waals surface area contributed by atoms with E-state index in [-0.39, 0.29) is 12.2 Å². The van der Waals surface area contributed by atoms with E-state index in [0.29, 0.717) is 17.9 Å². The fraction of sp³-hybridized carbons (Fsp3) is 0.167. The number of hydrogen-bond donors (Lipinski definition) is 1. The Kier molecular flexibility index (Phi) is 5.92. The summed E-state index contributed by atoms with van der Waals surface area (Å²) in [7, 11) is 1.28. The molecule has 2 rings (SSSR count). The van der Waals surface area contributed by atoms with Gasteiger partial charge in [-0.3, -0.25) is 4.79 Å². The summed E-state index contributed by atoms with van der Waals surface area (Å²) < 4.78 is 10.1. The monoisotopic (exact) mass is 324 g/mol. The van der Waals surface area contributed by atoms with Crippen LogP contribution in [0.15, 0.2) is 48.5 Å². The van der Waals surface area contributed by atoms with Gasteiger partial charge in [0.2, 0.25) is 0 Å². The van der Waals surface area contributed by atoms with E-state index in [1.165, 1.54) is 7.11 Å². The summed E-state index contributed by atoms with van der Waals surface area (Å²) in [6.45, 7) is -0.201. The van der Waals surface area contributed by atoms with Gasteiger partial charge < -0.3 is 14.8 Å². The van der Waals surface area contributed by atoms with Crippen molar-refractivity contribution in [3.63, 3.8) is 0 Å². The molecule has 0 aliphatic heterocycles. The summed E-state index contributed by atoms with van der Waals surface area (Å²) in [5.41, 5.74) is 1.51. The standard InChI is InChI=1S/C18H16N2O4/c1-23-18(22)15-4-2-3-5-16(15)20-17(21)12-24-14-8-6-13(7-9-14)10-11-19/h2-9H,10,12H2,1H3,(H,20,21). The molecule has 0 aliphatic carbocycles. The predicted molar refractivity (Wildman–Crippen MR) is 87.7 cm³/mol. The largest absolute Gasteiger partial charge is 0.484 e. The smallest absolute Gasteiger partial charge is 0.339 e. The van der Waals surface area contributed by atoms with Gasteiger partial charge in [0.05, 0.1) is 30.9 Å². The van der Waals surface area contributed by atoms with Crippen LogP contribution in [0.25, 0.3) is 0 Å². The molecular formula is C18H16N2O4. The van der Waals surface area contributed by atoms with Gasteiger partial charge in [0, 0.05) is 0 Å². The van der Waals surface area contributed by atoms with Gasteiger partial charge in [0.15, 0.2) is 6.61 Å². The second kappa shape index (κ2) is 8.34. The third-order valence-corrected chi connectivity index (χ3v) is 3.18. The molecule has 24 heavy (non-hydrogen) atoms. The third kappa shape index (κ3) is 4.58. The van der Waals surface area contributed by atoms with Crippen LogP contribution in [-0.4, -0.2) is 25.6 Å². The highest BCUT2D eigenvalue weighted by molar-refractivity contribution is 6.01. The number of carbonyl (C=O) groups excluding carboxylic acids is 2. The molecule has 0 aromatic heterocycles. The van der Waals surface area contributed by atoms with E-state index in [9.17, 15) is 9.59 Å². The summed E-state index contributed by atoms with van der Waals surface area (Å²) >= 11 is 0. The zero-order valence-corrected chi connectivity index (χ0v) is 13.1. The van der Waals surface area contributed by atoms with Gasteiger partial charge in [-0.1, -0.05) is 24.3 Å². The van der Waals surface area contributed by atoms with E-state index < -0.39 is 11.9 Å². The van der Waals surface area contributed by atoms with Crippen molar-refractivity contribution in [2.24, 2.45) is 0 Å². The maximum absolute atomic E-state index is 12.0. The Labute approximate surface area is 139 Å². The molecule has 0 atom stereocenters.